The average molecular weight is 663 g/mol. The van der Waals surface area contributed by atoms with E-state index in [9.17, 15) is 4.39 Å². The quantitative estimate of drug-likeness (QED) is 0.165. The third kappa shape index (κ3) is 5.60. The molecule has 0 spiro atoms. The summed E-state index contributed by atoms with van der Waals surface area (Å²) in [7, 11) is 0. The zero-order valence-corrected chi connectivity index (χ0v) is 28.6. The van der Waals surface area contributed by atoms with E-state index in [-0.39, 0.29) is 11.2 Å². The first kappa shape index (κ1) is 31.1. The van der Waals surface area contributed by atoms with Crippen LogP contribution in [0, 0.1) is 5.82 Å². The fourth-order valence-corrected chi connectivity index (χ4v) is 8.43. The van der Waals surface area contributed by atoms with Crippen molar-refractivity contribution in [2.75, 3.05) is 4.90 Å². The highest BCUT2D eigenvalue weighted by atomic mass is 19.1. The molecule has 3 heteroatoms. The molecular formula is C48H39FN2. The van der Waals surface area contributed by atoms with Gasteiger partial charge in [0.05, 0.1) is 11.0 Å². The van der Waals surface area contributed by atoms with Crippen LogP contribution in [0.5, 0.6) is 0 Å². The first-order valence-electron chi connectivity index (χ1n) is 18.1. The molecule has 0 N–H and O–H groups in total. The highest BCUT2D eigenvalue weighted by Crippen LogP contribution is 2.46. The lowest BCUT2D eigenvalue weighted by Gasteiger charge is -2.39. The van der Waals surface area contributed by atoms with Crippen LogP contribution >= 0.6 is 0 Å². The van der Waals surface area contributed by atoms with Crippen molar-refractivity contribution < 1.29 is 4.39 Å². The number of benzene rings is 7. The lowest BCUT2D eigenvalue weighted by molar-refractivity contribution is 0.346. The Balaban J connectivity index is 1.10. The Morgan fingerprint density at radius 3 is 1.67 bits per heavy atom. The van der Waals surface area contributed by atoms with Gasteiger partial charge in [0.15, 0.2) is 0 Å². The van der Waals surface area contributed by atoms with E-state index >= 15 is 0 Å². The second-order valence-electron chi connectivity index (χ2n) is 13.8. The molecule has 9 rings (SSSR count). The largest absolute Gasteiger partial charge is 0.311 e. The zero-order chi connectivity index (χ0) is 34.2. The average Bonchev–Trinajstić information content (AvgIpc) is 3.54. The smallest absolute Gasteiger partial charge is 0.123 e. The van der Waals surface area contributed by atoms with Crippen LogP contribution in [0.1, 0.15) is 43.2 Å². The second-order valence-corrected chi connectivity index (χ2v) is 13.8. The van der Waals surface area contributed by atoms with Crippen LogP contribution in [-0.4, -0.2) is 4.57 Å². The van der Waals surface area contributed by atoms with Crippen molar-refractivity contribution in [3.63, 3.8) is 0 Å². The summed E-state index contributed by atoms with van der Waals surface area (Å²) >= 11 is 0. The molecule has 8 aromatic rings. The molecule has 0 atom stereocenters. The van der Waals surface area contributed by atoms with Gasteiger partial charge in [-0.25, -0.2) is 4.39 Å². The number of para-hydroxylation sites is 2. The molecular weight excluding hydrogens is 624 g/mol. The summed E-state index contributed by atoms with van der Waals surface area (Å²) in [6, 6.07) is 61.7. The minimum atomic E-state index is -0.241. The van der Waals surface area contributed by atoms with Crippen molar-refractivity contribution >= 4 is 38.9 Å². The summed E-state index contributed by atoms with van der Waals surface area (Å²) in [5, 5.41) is 2.49. The lowest BCUT2D eigenvalue weighted by Crippen LogP contribution is -2.30. The molecule has 0 bridgehead atoms. The highest BCUT2D eigenvalue weighted by molar-refractivity contribution is 6.10. The molecule has 0 aliphatic heterocycles. The fourth-order valence-electron chi connectivity index (χ4n) is 8.43. The predicted molar refractivity (Wildman–Crippen MR) is 211 cm³/mol. The van der Waals surface area contributed by atoms with Gasteiger partial charge in [-0.15, -0.1) is 0 Å². The minimum Gasteiger partial charge on any atom is -0.311 e. The Bertz CT molecular complexity index is 2420. The maximum absolute atomic E-state index is 14.2. The molecule has 0 amide bonds. The van der Waals surface area contributed by atoms with Gasteiger partial charge in [-0.1, -0.05) is 122 Å². The van der Waals surface area contributed by atoms with Crippen LogP contribution in [0.4, 0.5) is 21.5 Å². The molecule has 248 valence electrons. The van der Waals surface area contributed by atoms with Gasteiger partial charge in [-0.2, -0.15) is 0 Å². The number of rotatable bonds is 7. The molecule has 1 aliphatic carbocycles. The summed E-state index contributed by atoms with van der Waals surface area (Å²) in [4.78, 5) is 2.22. The number of halogens is 1. The van der Waals surface area contributed by atoms with E-state index < -0.39 is 0 Å². The maximum Gasteiger partial charge on any atom is 0.123 e. The first-order valence-corrected chi connectivity index (χ1v) is 18.1. The SMILES string of the molecule is Fc1ccc(N(c2ccc(-c3ccc4c5ccccc5n(-c5ccccc5)c4c3)cc2)c2ccc(C3(c4ccccc4)CCCCC3)cc2)cc1. The zero-order valence-electron chi connectivity index (χ0n) is 28.6. The Kier molecular flexibility index (Phi) is 7.97. The van der Waals surface area contributed by atoms with Crippen LogP contribution in [-0.2, 0) is 5.41 Å². The van der Waals surface area contributed by atoms with E-state index in [0.717, 1.165) is 46.7 Å². The van der Waals surface area contributed by atoms with Crippen LogP contribution in [0.25, 0.3) is 38.6 Å². The number of nitrogens with zero attached hydrogens (tertiary/aromatic N) is 2. The lowest BCUT2D eigenvalue weighted by atomic mass is 9.65. The molecule has 1 aliphatic rings. The standard InChI is InChI=1S/C48H39FN2/c49-39-23-29-43(30-24-39)50(42-27-21-38(22-28-42)48(32-10-3-11-33-48)37-12-4-1-5-13-37)41-25-18-35(19-26-41)36-20-31-45-44-16-8-9-17-46(44)51(47(45)34-36)40-14-6-2-7-15-40/h1-2,4-9,12-31,34H,3,10-11,32-33H2. The number of aromatic nitrogens is 1. The van der Waals surface area contributed by atoms with Crippen molar-refractivity contribution in [2.24, 2.45) is 0 Å². The van der Waals surface area contributed by atoms with E-state index in [2.05, 4.69) is 161 Å². The van der Waals surface area contributed by atoms with Crippen LogP contribution < -0.4 is 4.90 Å². The molecule has 1 heterocycles. The van der Waals surface area contributed by atoms with Crippen molar-refractivity contribution in [3.8, 4) is 16.8 Å². The van der Waals surface area contributed by atoms with E-state index in [4.69, 9.17) is 0 Å². The Morgan fingerprint density at radius 1 is 0.451 bits per heavy atom. The predicted octanol–water partition coefficient (Wildman–Crippen LogP) is 13.3. The number of hydrogen-bond donors (Lipinski definition) is 0. The molecule has 1 fully saturated rings. The highest BCUT2D eigenvalue weighted by Gasteiger charge is 2.35. The van der Waals surface area contributed by atoms with Crippen molar-refractivity contribution in [3.05, 3.63) is 193 Å². The normalized spacial score (nSPS) is 14.1. The Hall–Kier alpha value is -5.93. The van der Waals surface area contributed by atoms with Gasteiger partial charge in [0.25, 0.3) is 0 Å². The maximum atomic E-state index is 14.2. The molecule has 1 aromatic heterocycles. The van der Waals surface area contributed by atoms with E-state index in [1.165, 1.54) is 52.2 Å². The van der Waals surface area contributed by atoms with E-state index in [1.807, 2.05) is 12.1 Å². The minimum absolute atomic E-state index is 0.0354. The van der Waals surface area contributed by atoms with Gasteiger partial charge in [0.2, 0.25) is 0 Å². The number of fused-ring (bicyclic) bond motifs is 3. The van der Waals surface area contributed by atoms with Crippen molar-refractivity contribution in [1.29, 1.82) is 0 Å². The fraction of sp³-hybridized carbons (Fsp3) is 0.125. The summed E-state index contributed by atoms with van der Waals surface area (Å²) in [5.41, 5.74) is 11.6. The molecule has 1 saturated carbocycles. The van der Waals surface area contributed by atoms with E-state index in [0.29, 0.717) is 0 Å². The van der Waals surface area contributed by atoms with Gasteiger partial charge in [0.1, 0.15) is 5.82 Å². The number of anilines is 3. The van der Waals surface area contributed by atoms with Crippen molar-refractivity contribution in [2.45, 2.75) is 37.5 Å². The van der Waals surface area contributed by atoms with Crippen LogP contribution in [0.2, 0.25) is 0 Å². The molecule has 2 nitrogen and oxygen atoms in total. The van der Waals surface area contributed by atoms with Gasteiger partial charge >= 0.3 is 0 Å². The van der Waals surface area contributed by atoms with Gasteiger partial charge < -0.3 is 9.47 Å². The summed E-state index contributed by atoms with van der Waals surface area (Å²) in [5.74, 6) is -0.241. The third-order valence-electron chi connectivity index (χ3n) is 10.9. The van der Waals surface area contributed by atoms with Crippen LogP contribution in [0.3, 0.4) is 0 Å². The number of hydrogen-bond acceptors (Lipinski definition) is 1. The molecule has 51 heavy (non-hydrogen) atoms. The Labute approximate surface area is 299 Å². The molecule has 0 radical (unpaired) electrons. The molecule has 7 aromatic carbocycles. The molecule has 0 saturated heterocycles. The summed E-state index contributed by atoms with van der Waals surface area (Å²) in [6.07, 6.45) is 6.11. The molecule has 0 unspecified atom stereocenters. The van der Waals surface area contributed by atoms with Crippen molar-refractivity contribution in [1.82, 2.24) is 4.57 Å². The Morgan fingerprint density at radius 2 is 0.980 bits per heavy atom. The topological polar surface area (TPSA) is 8.17 Å². The third-order valence-corrected chi connectivity index (χ3v) is 10.9. The summed E-state index contributed by atoms with van der Waals surface area (Å²) in [6.45, 7) is 0. The van der Waals surface area contributed by atoms with Gasteiger partial charge in [-0.05, 0) is 108 Å². The first-order chi connectivity index (χ1) is 25.2. The van der Waals surface area contributed by atoms with Gasteiger partial charge in [0, 0.05) is 38.9 Å². The van der Waals surface area contributed by atoms with Gasteiger partial charge in [-0.3, -0.25) is 0 Å². The van der Waals surface area contributed by atoms with E-state index in [1.54, 1.807) is 12.1 Å². The summed E-state index contributed by atoms with van der Waals surface area (Å²) < 4.78 is 16.5. The monoisotopic (exact) mass is 662 g/mol. The second kappa shape index (κ2) is 13.1. The van der Waals surface area contributed by atoms with Crippen LogP contribution in [0.15, 0.2) is 176 Å².